The average Bonchev–Trinajstić information content (AvgIpc) is 3.22. The van der Waals surface area contributed by atoms with E-state index in [-0.39, 0.29) is 12.3 Å². The molecule has 0 saturated carbocycles. The number of aromatic amines is 1. The van der Waals surface area contributed by atoms with Crippen molar-refractivity contribution in [3.63, 3.8) is 0 Å². The quantitative estimate of drug-likeness (QED) is 0.485. The molecule has 3 heterocycles. The molecule has 8 nitrogen and oxygen atoms in total. The van der Waals surface area contributed by atoms with E-state index in [1.54, 1.807) is 31.6 Å². The molecule has 0 atom stereocenters. The van der Waals surface area contributed by atoms with Crippen LogP contribution in [0.1, 0.15) is 18.2 Å². The number of pyridine rings is 2. The predicted octanol–water partition coefficient (Wildman–Crippen LogP) is 3.90. The lowest BCUT2D eigenvalue weighted by atomic mass is 10.1. The van der Waals surface area contributed by atoms with Gasteiger partial charge in [0, 0.05) is 29.4 Å². The van der Waals surface area contributed by atoms with E-state index in [2.05, 4.69) is 25.5 Å². The summed E-state index contributed by atoms with van der Waals surface area (Å²) >= 11 is 0. The number of carbonyl (C=O) groups excluding carboxylic acids is 1. The number of amides is 1. The standard InChI is InChI=1S/C22H21N5O3/c1-3-15-11-20(27-26-15)25-21(28)10-14-4-6-16(7-5-14)30-19-8-9-23-18-13-24-22(29-2)12-17(18)19/h4-9,11-13H,3,10H2,1-2H3,(H2,25,26,27,28). The summed E-state index contributed by atoms with van der Waals surface area (Å²) in [6.07, 6.45) is 4.39. The number of methoxy groups -OCH3 is 1. The van der Waals surface area contributed by atoms with E-state index in [0.29, 0.717) is 28.7 Å². The lowest BCUT2D eigenvalue weighted by Crippen LogP contribution is -2.14. The largest absolute Gasteiger partial charge is 0.481 e. The first-order chi connectivity index (χ1) is 14.6. The first kappa shape index (κ1) is 19.4. The van der Waals surface area contributed by atoms with Crippen molar-refractivity contribution in [1.82, 2.24) is 20.2 Å². The van der Waals surface area contributed by atoms with Gasteiger partial charge in [0.15, 0.2) is 5.82 Å². The van der Waals surface area contributed by atoms with Crippen LogP contribution in [-0.2, 0) is 17.6 Å². The molecule has 0 aliphatic carbocycles. The van der Waals surface area contributed by atoms with Crippen LogP contribution in [0, 0.1) is 0 Å². The van der Waals surface area contributed by atoms with E-state index in [1.807, 2.05) is 37.3 Å². The molecule has 1 aromatic carbocycles. The summed E-state index contributed by atoms with van der Waals surface area (Å²) in [6, 6.07) is 12.8. The molecule has 0 fully saturated rings. The van der Waals surface area contributed by atoms with E-state index in [4.69, 9.17) is 9.47 Å². The minimum absolute atomic E-state index is 0.127. The Labute approximate surface area is 173 Å². The van der Waals surface area contributed by atoms with Crippen molar-refractivity contribution < 1.29 is 14.3 Å². The third-order valence-corrected chi connectivity index (χ3v) is 4.57. The first-order valence-electron chi connectivity index (χ1n) is 9.54. The van der Waals surface area contributed by atoms with Gasteiger partial charge in [-0.15, -0.1) is 0 Å². The number of nitrogens with zero attached hydrogens (tertiary/aromatic N) is 3. The van der Waals surface area contributed by atoms with E-state index >= 15 is 0 Å². The fraction of sp³-hybridized carbons (Fsp3) is 0.182. The zero-order valence-electron chi connectivity index (χ0n) is 16.7. The second-order valence-corrected chi connectivity index (χ2v) is 6.66. The van der Waals surface area contributed by atoms with Crippen molar-refractivity contribution in [2.24, 2.45) is 0 Å². The normalized spacial score (nSPS) is 10.7. The fourth-order valence-corrected chi connectivity index (χ4v) is 2.99. The van der Waals surface area contributed by atoms with Crippen molar-refractivity contribution in [1.29, 1.82) is 0 Å². The summed E-state index contributed by atoms with van der Waals surface area (Å²) in [5.41, 5.74) is 2.56. The zero-order chi connectivity index (χ0) is 20.9. The number of rotatable bonds is 7. The van der Waals surface area contributed by atoms with E-state index in [9.17, 15) is 4.79 Å². The lowest BCUT2D eigenvalue weighted by molar-refractivity contribution is -0.115. The number of hydrogen-bond donors (Lipinski definition) is 2. The number of nitrogens with one attached hydrogen (secondary N) is 2. The first-order valence-corrected chi connectivity index (χ1v) is 9.54. The van der Waals surface area contributed by atoms with Crippen molar-refractivity contribution in [3.05, 3.63) is 66.1 Å². The van der Waals surface area contributed by atoms with Gasteiger partial charge < -0.3 is 14.8 Å². The molecule has 0 spiro atoms. The highest BCUT2D eigenvalue weighted by Crippen LogP contribution is 2.30. The zero-order valence-corrected chi connectivity index (χ0v) is 16.7. The van der Waals surface area contributed by atoms with Crippen LogP contribution in [0.3, 0.4) is 0 Å². The van der Waals surface area contributed by atoms with Gasteiger partial charge in [0.2, 0.25) is 11.8 Å². The number of hydrogen-bond acceptors (Lipinski definition) is 6. The number of aryl methyl sites for hydroxylation is 1. The van der Waals surface area contributed by atoms with E-state index < -0.39 is 0 Å². The Morgan fingerprint density at radius 3 is 2.70 bits per heavy atom. The molecule has 30 heavy (non-hydrogen) atoms. The van der Waals surface area contributed by atoms with Gasteiger partial charge in [-0.05, 0) is 30.2 Å². The minimum Gasteiger partial charge on any atom is -0.481 e. The molecule has 4 aromatic rings. The number of anilines is 1. The number of aromatic nitrogens is 4. The highest BCUT2D eigenvalue weighted by molar-refractivity contribution is 5.91. The molecule has 3 aromatic heterocycles. The molecule has 8 heteroatoms. The fourth-order valence-electron chi connectivity index (χ4n) is 2.99. The molecule has 0 saturated heterocycles. The molecule has 1 amide bonds. The Morgan fingerprint density at radius 2 is 1.97 bits per heavy atom. The van der Waals surface area contributed by atoms with E-state index in [0.717, 1.165) is 23.1 Å². The summed E-state index contributed by atoms with van der Waals surface area (Å²) in [7, 11) is 1.56. The lowest BCUT2D eigenvalue weighted by Gasteiger charge is -2.10. The second-order valence-electron chi connectivity index (χ2n) is 6.66. The van der Waals surface area contributed by atoms with Gasteiger partial charge in [-0.2, -0.15) is 5.10 Å². The summed E-state index contributed by atoms with van der Waals surface area (Å²) < 4.78 is 11.2. The predicted molar refractivity (Wildman–Crippen MR) is 113 cm³/mol. The molecule has 0 radical (unpaired) electrons. The summed E-state index contributed by atoms with van der Waals surface area (Å²) in [4.78, 5) is 20.7. The monoisotopic (exact) mass is 403 g/mol. The molecule has 0 aliphatic heterocycles. The highest BCUT2D eigenvalue weighted by Gasteiger charge is 2.09. The molecule has 0 unspecified atom stereocenters. The minimum atomic E-state index is -0.127. The van der Waals surface area contributed by atoms with Crippen LogP contribution in [0.4, 0.5) is 5.82 Å². The SMILES string of the molecule is CCc1cc(NC(=O)Cc2ccc(Oc3ccnc4cnc(OC)cc34)cc2)n[nH]1. The highest BCUT2D eigenvalue weighted by atomic mass is 16.5. The molecular weight excluding hydrogens is 382 g/mol. The molecule has 0 aliphatic rings. The summed E-state index contributed by atoms with van der Waals surface area (Å²) in [5, 5.41) is 10.5. The van der Waals surface area contributed by atoms with Crippen LogP contribution in [0.25, 0.3) is 10.9 Å². The van der Waals surface area contributed by atoms with Gasteiger partial charge in [0.25, 0.3) is 0 Å². The van der Waals surface area contributed by atoms with Crippen molar-refractivity contribution in [3.8, 4) is 17.4 Å². The number of fused-ring (bicyclic) bond motifs is 1. The van der Waals surface area contributed by atoms with Crippen LogP contribution in [0.5, 0.6) is 17.4 Å². The van der Waals surface area contributed by atoms with Gasteiger partial charge in [-0.25, -0.2) is 4.98 Å². The smallest absolute Gasteiger partial charge is 0.229 e. The maximum Gasteiger partial charge on any atom is 0.229 e. The Bertz CT molecular complexity index is 1170. The van der Waals surface area contributed by atoms with Crippen LogP contribution >= 0.6 is 0 Å². The van der Waals surface area contributed by atoms with E-state index in [1.165, 1.54) is 0 Å². The maximum absolute atomic E-state index is 12.2. The number of ether oxygens (including phenoxy) is 2. The Balaban J connectivity index is 1.44. The Kier molecular flexibility index (Phi) is 5.56. The second kappa shape index (κ2) is 8.60. The third-order valence-electron chi connectivity index (χ3n) is 4.57. The molecular formula is C22H21N5O3. The Hall–Kier alpha value is -3.94. The number of carbonyl (C=O) groups is 1. The van der Waals surface area contributed by atoms with Crippen molar-refractivity contribution in [2.45, 2.75) is 19.8 Å². The molecule has 152 valence electrons. The van der Waals surface area contributed by atoms with Gasteiger partial charge in [-0.3, -0.25) is 14.9 Å². The van der Waals surface area contributed by atoms with Gasteiger partial charge in [0.05, 0.1) is 25.2 Å². The maximum atomic E-state index is 12.2. The van der Waals surface area contributed by atoms with Gasteiger partial charge in [0.1, 0.15) is 11.5 Å². The van der Waals surface area contributed by atoms with Crippen LogP contribution < -0.4 is 14.8 Å². The summed E-state index contributed by atoms with van der Waals surface area (Å²) in [6.45, 7) is 2.02. The molecule has 2 N–H and O–H groups in total. The van der Waals surface area contributed by atoms with Crippen molar-refractivity contribution in [2.75, 3.05) is 12.4 Å². The van der Waals surface area contributed by atoms with Crippen LogP contribution in [-0.4, -0.2) is 33.2 Å². The number of benzene rings is 1. The Morgan fingerprint density at radius 1 is 1.13 bits per heavy atom. The van der Waals surface area contributed by atoms with Gasteiger partial charge in [-0.1, -0.05) is 19.1 Å². The third kappa shape index (κ3) is 4.38. The van der Waals surface area contributed by atoms with Crippen LogP contribution in [0.2, 0.25) is 0 Å². The van der Waals surface area contributed by atoms with Gasteiger partial charge >= 0.3 is 0 Å². The molecule has 4 rings (SSSR count). The summed E-state index contributed by atoms with van der Waals surface area (Å²) in [5.74, 6) is 2.20. The number of H-pyrrole nitrogens is 1. The molecule has 0 bridgehead atoms. The van der Waals surface area contributed by atoms with Crippen LogP contribution in [0.15, 0.2) is 54.9 Å². The topological polar surface area (TPSA) is 102 Å². The van der Waals surface area contributed by atoms with Crippen molar-refractivity contribution >= 4 is 22.6 Å². The average molecular weight is 403 g/mol.